The Balaban J connectivity index is 2.01. The Labute approximate surface area is 159 Å². The minimum Gasteiger partial charge on any atom is -0.368 e. The highest BCUT2D eigenvalue weighted by atomic mass is 28.3. The number of hydrogen-bond acceptors (Lipinski definition) is 8. The van der Waals surface area contributed by atoms with E-state index in [1.54, 1.807) is 16.9 Å². The van der Waals surface area contributed by atoms with Crippen molar-refractivity contribution in [1.29, 1.82) is 0 Å². The second-order valence-electron chi connectivity index (χ2n) is 7.79. The van der Waals surface area contributed by atoms with Crippen LogP contribution >= 0.6 is 0 Å². The van der Waals surface area contributed by atoms with Crippen LogP contribution in [0.3, 0.4) is 0 Å². The van der Waals surface area contributed by atoms with Crippen molar-refractivity contribution in [2.24, 2.45) is 0 Å². The van der Waals surface area contributed by atoms with E-state index in [0.29, 0.717) is 30.4 Å². The third-order valence-electron chi connectivity index (χ3n) is 4.06. The van der Waals surface area contributed by atoms with E-state index in [4.69, 9.17) is 15.6 Å². The molecule has 3 aromatic heterocycles. The fraction of sp³-hybridized carbons (Fsp3) is 0.471. The van der Waals surface area contributed by atoms with Crippen molar-refractivity contribution in [1.82, 2.24) is 29.7 Å². The van der Waals surface area contributed by atoms with Crippen LogP contribution in [0.4, 0.5) is 11.8 Å². The molecule has 27 heavy (non-hydrogen) atoms. The molecule has 0 amide bonds. The van der Waals surface area contributed by atoms with Gasteiger partial charge in [0.15, 0.2) is 5.65 Å². The standard InChI is InChI=1S/C17H26N8OSi/c1-24(2)15-13-14(12-6-7-19-17(18)22-12)23-25(16(13)21-10-20-15)11-26-8-9-27(3,4)5/h6-7,10H,8-9,11H2,1-5H3,(H2,18,19,22). The third-order valence-corrected chi connectivity index (χ3v) is 5.76. The zero-order valence-corrected chi connectivity index (χ0v) is 17.5. The monoisotopic (exact) mass is 386 g/mol. The molecular weight excluding hydrogens is 360 g/mol. The molecule has 0 saturated carbocycles. The van der Waals surface area contributed by atoms with E-state index < -0.39 is 8.07 Å². The molecule has 0 spiro atoms. The summed E-state index contributed by atoms with van der Waals surface area (Å²) in [5.41, 5.74) is 7.76. The summed E-state index contributed by atoms with van der Waals surface area (Å²) >= 11 is 0. The number of nitrogen functional groups attached to an aromatic ring is 1. The van der Waals surface area contributed by atoms with Gasteiger partial charge in [-0.15, -0.1) is 0 Å². The first-order valence-corrected chi connectivity index (χ1v) is 12.5. The first-order chi connectivity index (χ1) is 12.8. The van der Waals surface area contributed by atoms with Crippen LogP contribution in [0.1, 0.15) is 0 Å². The molecular formula is C17H26N8OSi. The smallest absolute Gasteiger partial charge is 0.220 e. The summed E-state index contributed by atoms with van der Waals surface area (Å²) in [5, 5.41) is 5.52. The number of ether oxygens (including phenoxy) is 1. The maximum Gasteiger partial charge on any atom is 0.220 e. The Morgan fingerprint density at radius 2 is 1.96 bits per heavy atom. The molecule has 144 valence electrons. The van der Waals surface area contributed by atoms with E-state index in [2.05, 4.69) is 39.6 Å². The number of fused-ring (bicyclic) bond motifs is 1. The zero-order chi connectivity index (χ0) is 19.6. The number of hydrogen-bond donors (Lipinski definition) is 1. The summed E-state index contributed by atoms with van der Waals surface area (Å²) in [6, 6.07) is 2.88. The Bertz CT molecular complexity index is 934. The molecule has 0 aliphatic heterocycles. The van der Waals surface area contributed by atoms with E-state index >= 15 is 0 Å². The van der Waals surface area contributed by atoms with Gasteiger partial charge in [0, 0.05) is 35.0 Å². The molecule has 0 unspecified atom stereocenters. The molecule has 2 N–H and O–H groups in total. The summed E-state index contributed by atoms with van der Waals surface area (Å²) in [5.74, 6) is 0.963. The SMILES string of the molecule is CN(C)c1ncnc2c1c(-c1ccnc(N)n1)nn2COCC[Si](C)(C)C. The lowest BCUT2D eigenvalue weighted by molar-refractivity contribution is 0.0814. The second-order valence-corrected chi connectivity index (χ2v) is 13.4. The summed E-state index contributed by atoms with van der Waals surface area (Å²) in [4.78, 5) is 19.1. The molecule has 3 aromatic rings. The van der Waals surface area contributed by atoms with Gasteiger partial charge < -0.3 is 15.4 Å². The van der Waals surface area contributed by atoms with Crippen molar-refractivity contribution in [2.45, 2.75) is 32.4 Å². The van der Waals surface area contributed by atoms with Crippen LogP contribution in [0.2, 0.25) is 25.7 Å². The predicted molar refractivity (Wildman–Crippen MR) is 109 cm³/mol. The lowest BCUT2D eigenvalue weighted by atomic mass is 10.2. The van der Waals surface area contributed by atoms with Crippen LogP contribution in [0.5, 0.6) is 0 Å². The molecule has 10 heteroatoms. The van der Waals surface area contributed by atoms with Gasteiger partial charge in [-0.1, -0.05) is 19.6 Å². The lowest BCUT2D eigenvalue weighted by Crippen LogP contribution is -2.22. The Morgan fingerprint density at radius 1 is 1.19 bits per heavy atom. The van der Waals surface area contributed by atoms with Gasteiger partial charge in [-0.25, -0.2) is 24.6 Å². The second kappa shape index (κ2) is 7.57. The Morgan fingerprint density at radius 3 is 2.63 bits per heavy atom. The van der Waals surface area contributed by atoms with E-state index in [9.17, 15) is 0 Å². The quantitative estimate of drug-likeness (QED) is 0.486. The van der Waals surface area contributed by atoms with Gasteiger partial charge in [-0.3, -0.25) is 0 Å². The van der Waals surface area contributed by atoms with Crippen molar-refractivity contribution < 1.29 is 4.74 Å². The molecule has 0 bridgehead atoms. The normalized spacial score (nSPS) is 11.9. The van der Waals surface area contributed by atoms with Gasteiger partial charge >= 0.3 is 0 Å². The van der Waals surface area contributed by atoms with Gasteiger partial charge in [-0.2, -0.15) is 5.10 Å². The molecule has 0 saturated heterocycles. The van der Waals surface area contributed by atoms with Crippen LogP contribution < -0.4 is 10.6 Å². The van der Waals surface area contributed by atoms with Gasteiger partial charge in [0.05, 0.1) is 11.1 Å². The van der Waals surface area contributed by atoms with Crippen molar-refractivity contribution in [3.05, 3.63) is 18.6 Å². The average Bonchev–Trinajstić information content (AvgIpc) is 2.96. The number of rotatable bonds is 7. The topological polar surface area (TPSA) is 108 Å². The number of anilines is 2. The van der Waals surface area contributed by atoms with Gasteiger partial charge in [0.2, 0.25) is 5.95 Å². The first kappa shape index (κ1) is 19.2. The largest absolute Gasteiger partial charge is 0.368 e. The van der Waals surface area contributed by atoms with Crippen molar-refractivity contribution >= 4 is 30.9 Å². The summed E-state index contributed by atoms with van der Waals surface area (Å²) in [6.07, 6.45) is 3.15. The molecule has 0 atom stereocenters. The summed E-state index contributed by atoms with van der Waals surface area (Å²) in [6.45, 7) is 8.01. The number of nitrogens with two attached hydrogens (primary N) is 1. The molecule has 0 radical (unpaired) electrons. The molecule has 3 heterocycles. The van der Waals surface area contributed by atoms with Crippen molar-refractivity contribution in [3.63, 3.8) is 0 Å². The van der Waals surface area contributed by atoms with Crippen LogP contribution in [-0.4, -0.2) is 58.5 Å². The van der Waals surface area contributed by atoms with Crippen molar-refractivity contribution in [3.8, 4) is 11.4 Å². The minimum atomic E-state index is -1.14. The highest BCUT2D eigenvalue weighted by Gasteiger charge is 2.20. The Hall–Kier alpha value is -2.59. The van der Waals surface area contributed by atoms with E-state index in [-0.39, 0.29) is 5.95 Å². The molecule has 9 nitrogen and oxygen atoms in total. The minimum absolute atomic E-state index is 0.199. The Kier molecular flexibility index (Phi) is 5.37. The lowest BCUT2D eigenvalue weighted by Gasteiger charge is -2.15. The third kappa shape index (κ3) is 4.39. The van der Waals surface area contributed by atoms with Crippen LogP contribution in [-0.2, 0) is 11.5 Å². The van der Waals surface area contributed by atoms with E-state index in [1.165, 1.54) is 6.33 Å². The van der Waals surface area contributed by atoms with Gasteiger partial charge in [-0.05, 0) is 12.1 Å². The summed E-state index contributed by atoms with van der Waals surface area (Å²) in [7, 11) is 2.72. The predicted octanol–water partition coefficient (Wildman–Crippen LogP) is 2.24. The van der Waals surface area contributed by atoms with Gasteiger partial charge in [0.1, 0.15) is 24.6 Å². The zero-order valence-electron chi connectivity index (χ0n) is 16.5. The van der Waals surface area contributed by atoms with Gasteiger partial charge in [0.25, 0.3) is 0 Å². The summed E-state index contributed by atoms with van der Waals surface area (Å²) < 4.78 is 7.63. The van der Waals surface area contributed by atoms with Crippen LogP contribution in [0, 0.1) is 0 Å². The molecule has 0 fully saturated rings. The maximum absolute atomic E-state index is 5.88. The molecule has 0 aliphatic carbocycles. The highest BCUT2D eigenvalue weighted by Crippen LogP contribution is 2.31. The number of aromatic nitrogens is 6. The van der Waals surface area contributed by atoms with Crippen LogP contribution in [0.15, 0.2) is 18.6 Å². The van der Waals surface area contributed by atoms with Crippen LogP contribution in [0.25, 0.3) is 22.4 Å². The van der Waals surface area contributed by atoms with E-state index in [0.717, 1.165) is 17.2 Å². The molecule has 3 rings (SSSR count). The maximum atomic E-state index is 5.88. The average molecular weight is 387 g/mol. The molecule has 0 aliphatic rings. The highest BCUT2D eigenvalue weighted by molar-refractivity contribution is 6.76. The molecule has 0 aromatic carbocycles. The van der Waals surface area contributed by atoms with Crippen molar-refractivity contribution in [2.75, 3.05) is 31.3 Å². The number of nitrogens with zero attached hydrogens (tertiary/aromatic N) is 7. The fourth-order valence-corrected chi connectivity index (χ4v) is 3.39. The first-order valence-electron chi connectivity index (χ1n) is 8.82. The fourth-order valence-electron chi connectivity index (χ4n) is 2.64. The van der Waals surface area contributed by atoms with E-state index in [1.807, 2.05) is 19.0 Å².